The molecule has 1 aromatic carbocycles. The molecule has 1 aliphatic heterocycles. The summed E-state index contributed by atoms with van der Waals surface area (Å²) < 4.78 is 3.53. The fourth-order valence-corrected chi connectivity index (χ4v) is 6.71. The molecule has 4 amide bonds. The predicted molar refractivity (Wildman–Crippen MR) is 196 cm³/mol. The third-order valence-electron chi connectivity index (χ3n) is 6.68. The summed E-state index contributed by atoms with van der Waals surface area (Å²) in [7, 11) is 5.03. The number of imide groups is 1. The normalized spacial score (nSPS) is 14.5. The number of likely N-dealkylation sites (N-methyl/N-ethyl adjacent to an activating group) is 2. The molecule has 1 aliphatic rings. The average Bonchev–Trinajstić information content (AvgIpc) is 3.37. The molecule has 3 atom stereocenters. The maximum Gasteiger partial charge on any atom is 0.211 e. The number of nitrogens with zero attached hydrogens (tertiary/aromatic N) is 1. The second-order valence-corrected chi connectivity index (χ2v) is 13.9. The third kappa shape index (κ3) is 26.8. The van der Waals surface area contributed by atoms with Crippen LogP contribution in [0, 0.1) is 0 Å². The van der Waals surface area contributed by atoms with E-state index in [-0.39, 0.29) is 41.4 Å². The minimum absolute atomic E-state index is 0.127. The molecule has 0 saturated carbocycles. The molecule has 0 bridgehead atoms. The van der Waals surface area contributed by atoms with Crippen molar-refractivity contribution < 1.29 is 48.6 Å². The monoisotopic (exact) mass is 802 g/mol. The first kappa shape index (κ1) is 49.4. The van der Waals surface area contributed by atoms with Crippen molar-refractivity contribution in [2.24, 2.45) is 5.73 Å². The van der Waals surface area contributed by atoms with Gasteiger partial charge in [-0.05, 0) is 26.2 Å². The Kier molecular flexibility index (Phi) is 32.4. The van der Waals surface area contributed by atoms with E-state index in [9.17, 15) is 33.6 Å². The summed E-state index contributed by atoms with van der Waals surface area (Å²) in [6.45, 7) is 2.24. The molecule has 3 unspecified atom stereocenters. The van der Waals surface area contributed by atoms with E-state index in [2.05, 4.69) is 31.2 Å². The summed E-state index contributed by atoms with van der Waals surface area (Å²) in [4.78, 5) is 87.1. The van der Waals surface area contributed by atoms with Gasteiger partial charge in [0.1, 0.15) is 6.29 Å². The number of likely N-dealkylation sites (tertiary alicyclic amines) is 1. The van der Waals surface area contributed by atoms with Crippen LogP contribution in [0.15, 0.2) is 30.3 Å². The Bertz CT molecular complexity index is 1170. The first-order valence-electron chi connectivity index (χ1n) is 16.2. The second-order valence-electron chi connectivity index (χ2n) is 10.5. The van der Waals surface area contributed by atoms with Gasteiger partial charge in [0.05, 0.1) is 12.5 Å². The van der Waals surface area contributed by atoms with E-state index in [0.29, 0.717) is 32.1 Å². The van der Waals surface area contributed by atoms with Crippen LogP contribution < -0.4 is 31.2 Å². The minimum atomic E-state index is -0.973. The largest absolute Gasteiger partial charge is 0.372 e. The number of carbonyl (C=O) groups excluding carboxylic acids is 6. The fraction of sp³-hybridized carbons (Fsp3) is 0.562. The van der Waals surface area contributed by atoms with Gasteiger partial charge in [-0.25, -0.2) is 0 Å². The van der Waals surface area contributed by atoms with Crippen LogP contribution in [0.25, 0.3) is 0 Å². The molecule has 1 saturated heterocycles. The van der Waals surface area contributed by atoms with Crippen LogP contribution in [0.3, 0.4) is 0 Å². The Morgan fingerprint density at radius 2 is 1.63 bits per heavy atom. The smallest absolute Gasteiger partial charge is 0.211 e. The van der Waals surface area contributed by atoms with Crippen LogP contribution >= 0.6 is 11.8 Å². The average molecular weight is 803 g/mol. The number of aliphatic carboxylic acids is 2. The van der Waals surface area contributed by atoms with Crippen LogP contribution in [0.1, 0.15) is 51.4 Å². The van der Waals surface area contributed by atoms with E-state index in [4.69, 9.17) is 15.0 Å². The number of nitrogens with one attached hydrogen (secondary N) is 5. The van der Waals surface area contributed by atoms with Gasteiger partial charge in [0.25, 0.3) is 0 Å². The molecular weight excluding hydrogens is 749 g/mol. The molecule has 0 aromatic heterocycles. The number of anilines is 1. The van der Waals surface area contributed by atoms with Crippen molar-refractivity contribution in [2.45, 2.75) is 68.7 Å². The standard InChI is InChI=1S/C19H34AsN4O5S.C7H7NO.C5H9NO3.CH3NO/c1-21-9-5-6-10-23-20-16(25)8-4-3-7-11-24-17(26)12-15(18(24)27)30-13-14(22-2)19(28)29;9-6-8-7-4-2-1-3-5-7;1-6-4(3-7)2-5(8)9;2-1-3/h14-15,21-23H,3-13H2,1-2H3,(H,28,29);1-6H,(H,8,9);3-4,6H,2H2,1H3,(H,8,9);1H,(H2,2,3). The minimum Gasteiger partial charge on any atom is -0.372 e. The molecule has 19 heteroatoms. The van der Waals surface area contributed by atoms with Gasteiger partial charge in [-0.1, -0.05) is 18.2 Å². The fourth-order valence-electron chi connectivity index (χ4n) is 3.95. The molecule has 1 heterocycles. The van der Waals surface area contributed by atoms with Crippen molar-refractivity contribution >= 4 is 80.9 Å². The summed E-state index contributed by atoms with van der Waals surface area (Å²) in [5.74, 6) is -2.13. The van der Waals surface area contributed by atoms with Crippen molar-refractivity contribution in [3.05, 3.63) is 30.3 Å². The number of carboxylic acid groups (broad SMARTS) is 2. The zero-order valence-corrected chi connectivity index (χ0v) is 32.1. The van der Waals surface area contributed by atoms with Crippen molar-refractivity contribution in [1.82, 2.24) is 25.1 Å². The third-order valence-corrected chi connectivity index (χ3v) is 9.77. The number of thioether (sulfide) groups is 1. The maximum atomic E-state index is 12.4. The number of primary amides is 1. The van der Waals surface area contributed by atoms with Gasteiger partial charge in [0.15, 0.2) is 0 Å². The Hall–Kier alpha value is -3.67. The van der Waals surface area contributed by atoms with Crippen LogP contribution in [0.2, 0.25) is 0 Å². The zero-order chi connectivity index (χ0) is 38.9. The number of amides is 4. The van der Waals surface area contributed by atoms with Gasteiger partial charge in [-0.15, -0.1) is 0 Å². The van der Waals surface area contributed by atoms with Crippen LogP contribution in [-0.2, 0) is 38.4 Å². The number of carboxylic acids is 2. The summed E-state index contributed by atoms with van der Waals surface area (Å²) >= 11 is 0.756. The summed E-state index contributed by atoms with van der Waals surface area (Å²) in [6.07, 6.45) is 6.42. The quantitative estimate of drug-likeness (QED) is 0.0281. The van der Waals surface area contributed by atoms with E-state index >= 15 is 0 Å². The van der Waals surface area contributed by atoms with Crippen LogP contribution in [0.5, 0.6) is 0 Å². The molecule has 1 fully saturated rings. The summed E-state index contributed by atoms with van der Waals surface area (Å²) in [5.41, 5.74) is 4.99. The summed E-state index contributed by atoms with van der Waals surface area (Å²) in [6, 6.07) is 7.99. The van der Waals surface area contributed by atoms with E-state index in [1.54, 1.807) is 14.1 Å². The van der Waals surface area contributed by atoms with Gasteiger partial charge >= 0.3 is 174 Å². The number of benzene rings is 1. The Morgan fingerprint density at radius 3 is 2.14 bits per heavy atom. The Morgan fingerprint density at radius 1 is 0.980 bits per heavy atom. The molecule has 0 spiro atoms. The van der Waals surface area contributed by atoms with Gasteiger partial charge in [-0.3, -0.25) is 19.2 Å². The molecule has 2 rings (SSSR count). The van der Waals surface area contributed by atoms with Gasteiger partial charge in [0, 0.05) is 5.69 Å². The maximum absolute atomic E-state index is 12.4. The van der Waals surface area contributed by atoms with Crippen LogP contribution in [0.4, 0.5) is 5.69 Å². The second kappa shape index (κ2) is 33.5. The van der Waals surface area contributed by atoms with Gasteiger partial charge in [-0.2, -0.15) is 0 Å². The van der Waals surface area contributed by atoms with Crippen LogP contribution in [-0.4, -0.2) is 142 Å². The number of rotatable bonds is 24. The molecule has 1 radical (unpaired) electrons. The van der Waals surface area contributed by atoms with E-state index < -0.39 is 45.3 Å². The van der Waals surface area contributed by atoms with Gasteiger partial charge < -0.3 is 36.7 Å². The van der Waals surface area contributed by atoms with Crippen molar-refractivity contribution in [3.8, 4) is 0 Å². The number of hydrogen-bond acceptors (Lipinski definition) is 13. The Balaban J connectivity index is 0. The van der Waals surface area contributed by atoms with E-state index in [1.165, 1.54) is 16.7 Å². The topological polar surface area (TPSA) is 266 Å². The van der Waals surface area contributed by atoms with Crippen molar-refractivity contribution in [1.29, 1.82) is 0 Å². The number of para-hydroxylation sites is 1. The SMILES string of the molecule is CNC(C=O)CC(=O)O.CNCCCCN[As]C(=O)CCCCCN1C(=O)CC(SCC(NC)C(=O)O)C1=O.NC=O.O=CNc1ccccc1. The predicted octanol–water partition coefficient (Wildman–Crippen LogP) is -0.580. The molecule has 1 aromatic rings. The molecule has 51 heavy (non-hydrogen) atoms. The molecule has 9 N–H and O–H groups in total. The molecular formula is C32H53AsN7O10S. The Labute approximate surface area is 310 Å². The molecule has 17 nitrogen and oxygen atoms in total. The zero-order valence-electron chi connectivity index (χ0n) is 29.4. The number of aldehydes is 1. The van der Waals surface area contributed by atoms with Crippen molar-refractivity contribution in [3.63, 3.8) is 0 Å². The van der Waals surface area contributed by atoms with E-state index in [0.717, 1.165) is 44.5 Å². The van der Waals surface area contributed by atoms with Gasteiger partial charge in [0.2, 0.25) is 12.8 Å². The van der Waals surface area contributed by atoms with E-state index in [1.807, 2.05) is 37.4 Å². The molecule has 287 valence electrons. The number of carbonyl (C=O) groups is 8. The number of unbranched alkanes of at least 4 members (excludes halogenated alkanes) is 3. The number of nitrogens with two attached hydrogens (primary N) is 1. The first-order valence-corrected chi connectivity index (χ1v) is 19.1. The first-order chi connectivity index (χ1) is 24.4. The molecule has 0 aliphatic carbocycles. The summed E-state index contributed by atoms with van der Waals surface area (Å²) in [5, 5.41) is 27.5. The number of hydrogen-bond donors (Lipinski definition) is 8. The van der Waals surface area contributed by atoms with Crippen molar-refractivity contribution in [2.75, 3.05) is 51.8 Å².